The van der Waals surface area contributed by atoms with Crippen LogP contribution >= 0.6 is 22.9 Å². The Hall–Kier alpha value is -1.41. The summed E-state index contributed by atoms with van der Waals surface area (Å²) < 4.78 is 42.6. The Morgan fingerprint density at radius 1 is 1.47 bits per heavy atom. The summed E-state index contributed by atoms with van der Waals surface area (Å²) in [6.45, 7) is 1.66. The Morgan fingerprint density at radius 3 is 2.74 bits per heavy atom. The van der Waals surface area contributed by atoms with Crippen LogP contribution in [0, 0.1) is 0 Å². The quantitative estimate of drug-likeness (QED) is 0.629. The van der Waals surface area contributed by atoms with Gasteiger partial charge in [-0.1, -0.05) is 0 Å². The fourth-order valence-corrected chi connectivity index (χ4v) is 2.50. The van der Waals surface area contributed by atoms with Crippen molar-refractivity contribution in [3.8, 4) is 0 Å². The van der Waals surface area contributed by atoms with Crippen LogP contribution in [-0.4, -0.2) is 22.5 Å². The highest BCUT2D eigenvalue weighted by molar-refractivity contribution is 7.19. The number of carbonyl (C=O) groups is 1. The molecule has 0 amide bonds. The molecule has 0 unspecified atom stereocenters. The summed E-state index contributed by atoms with van der Waals surface area (Å²) in [5.41, 5.74) is -0.280. The number of esters is 1. The number of rotatable bonds is 2. The average Bonchev–Trinajstić information content (AvgIpc) is 2.71. The molecule has 2 heterocycles. The molecule has 2 aromatic heterocycles. The third kappa shape index (κ3) is 2.79. The third-order valence-electron chi connectivity index (χ3n) is 2.09. The maximum Gasteiger partial charge on any atom is 0.425 e. The van der Waals surface area contributed by atoms with Gasteiger partial charge in [0.2, 0.25) is 5.28 Å². The van der Waals surface area contributed by atoms with Gasteiger partial charge in [-0.15, -0.1) is 11.3 Å². The van der Waals surface area contributed by atoms with E-state index in [4.69, 9.17) is 16.3 Å². The topological polar surface area (TPSA) is 52.1 Å². The zero-order valence-electron chi connectivity index (χ0n) is 9.42. The average molecular weight is 311 g/mol. The molecule has 0 atom stereocenters. The maximum absolute atomic E-state index is 12.6. The van der Waals surface area contributed by atoms with Gasteiger partial charge in [0.25, 0.3) is 0 Å². The minimum Gasteiger partial charge on any atom is -0.461 e. The fraction of sp³-hybridized carbons (Fsp3) is 0.300. The molecule has 2 aromatic rings. The van der Waals surface area contributed by atoms with Crippen LogP contribution in [0.3, 0.4) is 0 Å². The van der Waals surface area contributed by atoms with E-state index in [0.29, 0.717) is 11.3 Å². The lowest BCUT2D eigenvalue weighted by Gasteiger charge is -2.02. The van der Waals surface area contributed by atoms with Gasteiger partial charge in [-0.05, 0) is 24.6 Å². The lowest BCUT2D eigenvalue weighted by molar-refractivity contribution is -0.134. The fourth-order valence-electron chi connectivity index (χ4n) is 1.38. The second kappa shape index (κ2) is 4.93. The van der Waals surface area contributed by atoms with Gasteiger partial charge in [-0.2, -0.15) is 13.2 Å². The molecule has 0 aliphatic carbocycles. The van der Waals surface area contributed by atoms with Gasteiger partial charge in [0, 0.05) is 0 Å². The van der Waals surface area contributed by atoms with Crippen molar-refractivity contribution in [2.45, 2.75) is 13.1 Å². The van der Waals surface area contributed by atoms with Crippen LogP contribution in [0.25, 0.3) is 10.2 Å². The molecule has 0 aromatic carbocycles. The number of hydrogen-bond donors (Lipinski definition) is 0. The molecule has 0 spiro atoms. The zero-order valence-corrected chi connectivity index (χ0v) is 11.0. The van der Waals surface area contributed by atoms with E-state index in [1.54, 1.807) is 6.92 Å². The number of fused-ring (bicyclic) bond motifs is 1. The number of hydrogen-bond acceptors (Lipinski definition) is 5. The van der Waals surface area contributed by atoms with E-state index in [-0.39, 0.29) is 27.8 Å². The smallest absolute Gasteiger partial charge is 0.425 e. The summed E-state index contributed by atoms with van der Waals surface area (Å²) in [5.74, 6) is -0.827. The van der Waals surface area contributed by atoms with Crippen LogP contribution in [0.4, 0.5) is 13.2 Å². The predicted molar refractivity (Wildman–Crippen MR) is 63.4 cm³/mol. The van der Waals surface area contributed by atoms with E-state index in [1.165, 1.54) is 0 Å². The Bertz CT molecular complexity index is 641. The zero-order chi connectivity index (χ0) is 14.2. The van der Waals surface area contributed by atoms with Gasteiger partial charge in [0.05, 0.1) is 16.8 Å². The number of ether oxygens (including phenoxy) is 1. The second-order valence-electron chi connectivity index (χ2n) is 3.38. The molecule has 0 N–H and O–H groups in total. The summed E-state index contributed by atoms with van der Waals surface area (Å²) in [6.07, 6.45) is -4.51. The summed E-state index contributed by atoms with van der Waals surface area (Å²) in [6, 6.07) is 0.830. The molecule has 0 saturated heterocycles. The summed E-state index contributed by atoms with van der Waals surface area (Å²) >= 11 is 5.97. The maximum atomic E-state index is 12.6. The molecule has 9 heteroatoms. The van der Waals surface area contributed by atoms with Gasteiger partial charge in [0.1, 0.15) is 4.88 Å². The van der Waals surface area contributed by atoms with Crippen molar-refractivity contribution in [2.75, 3.05) is 6.61 Å². The molecule has 0 bridgehead atoms. The van der Waals surface area contributed by atoms with Crippen molar-refractivity contribution in [2.24, 2.45) is 0 Å². The monoisotopic (exact) mass is 310 g/mol. The number of halogens is 4. The molecule has 0 saturated carbocycles. The first kappa shape index (κ1) is 14.0. The Balaban J connectivity index is 2.63. The number of aromatic nitrogens is 2. The Labute approximate surface area is 114 Å². The lowest BCUT2D eigenvalue weighted by atomic mass is 10.3. The van der Waals surface area contributed by atoms with Crippen LogP contribution in [0.2, 0.25) is 5.28 Å². The Kier molecular flexibility index (Phi) is 3.64. The van der Waals surface area contributed by atoms with Crippen molar-refractivity contribution < 1.29 is 22.7 Å². The van der Waals surface area contributed by atoms with Crippen LogP contribution in [-0.2, 0) is 10.9 Å². The molecule has 19 heavy (non-hydrogen) atoms. The first-order valence-electron chi connectivity index (χ1n) is 5.04. The van der Waals surface area contributed by atoms with Crippen molar-refractivity contribution in [3.63, 3.8) is 0 Å². The van der Waals surface area contributed by atoms with Gasteiger partial charge in [-0.25, -0.2) is 14.8 Å². The van der Waals surface area contributed by atoms with Gasteiger partial charge < -0.3 is 4.74 Å². The SMILES string of the molecule is CCOC(=O)c1nc(Cl)nc2cc(C(F)(F)F)sc12. The molecular weight excluding hydrogens is 305 g/mol. The van der Waals surface area contributed by atoms with E-state index in [2.05, 4.69) is 9.97 Å². The van der Waals surface area contributed by atoms with E-state index >= 15 is 0 Å². The summed E-state index contributed by atoms with van der Waals surface area (Å²) in [5, 5.41) is -0.304. The van der Waals surface area contributed by atoms with Gasteiger partial charge in [0.15, 0.2) is 5.69 Å². The highest BCUT2D eigenvalue weighted by Crippen LogP contribution is 2.38. The number of thiophene rings is 1. The molecule has 0 radical (unpaired) electrons. The lowest BCUT2D eigenvalue weighted by Crippen LogP contribution is -2.07. The summed E-state index contributed by atoms with van der Waals surface area (Å²) in [4.78, 5) is 18.1. The highest BCUT2D eigenvalue weighted by Gasteiger charge is 2.34. The molecular formula is C10H6ClF3N2O2S. The van der Waals surface area contributed by atoms with Crippen molar-refractivity contribution >= 4 is 39.1 Å². The van der Waals surface area contributed by atoms with Crippen LogP contribution < -0.4 is 0 Å². The first-order chi connectivity index (χ1) is 8.82. The van der Waals surface area contributed by atoms with Gasteiger partial charge >= 0.3 is 12.1 Å². The standard InChI is InChI=1S/C10H6ClF3N2O2S/c1-2-18-8(17)6-7-4(15-9(11)16-6)3-5(19-7)10(12,13)14/h3H,2H2,1H3. The van der Waals surface area contributed by atoms with Gasteiger partial charge in [-0.3, -0.25) is 0 Å². The van der Waals surface area contributed by atoms with E-state index in [1.807, 2.05) is 0 Å². The summed E-state index contributed by atoms with van der Waals surface area (Å²) in [7, 11) is 0. The number of alkyl halides is 3. The minimum absolute atomic E-state index is 0.00942. The largest absolute Gasteiger partial charge is 0.461 e. The number of carbonyl (C=O) groups excluding carboxylic acids is 1. The molecule has 0 aliphatic rings. The number of nitrogens with zero attached hydrogens (tertiary/aromatic N) is 2. The third-order valence-corrected chi connectivity index (χ3v) is 3.44. The van der Waals surface area contributed by atoms with Crippen molar-refractivity contribution in [1.82, 2.24) is 9.97 Å². The molecule has 0 aliphatic heterocycles. The predicted octanol–water partition coefficient (Wildman–Crippen LogP) is 3.54. The normalized spacial score (nSPS) is 11.8. The minimum atomic E-state index is -4.51. The molecule has 2 rings (SSSR count). The van der Waals surface area contributed by atoms with E-state index in [9.17, 15) is 18.0 Å². The van der Waals surface area contributed by atoms with Crippen molar-refractivity contribution in [1.29, 1.82) is 0 Å². The molecule has 0 fully saturated rings. The van der Waals surface area contributed by atoms with Crippen LogP contribution in [0.15, 0.2) is 6.07 Å². The van der Waals surface area contributed by atoms with Crippen molar-refractivity contribution in [3.05, 3.63) is 21.9 Å². The Morgan fingerprint density at radius 2 is 2.16 bits per heavy atom. The first-order valence-corrected chi connectivity index (χ1v) is 6.23. The second-order valence-corrected chi connectivity index (χ2v) is 4.77. The molecule has 102 valence electrons. The highest BCUT2D eigenvalue weighted by atomic mass is 35.5. The van der Waals surface area contributed by atoms with E-state index < -0.39 is 17.0 Å². The molecule has 4 nitrogen and oxygen atoms in total. The van der Waals surface area contributed by atoms with Crippen LogP contribution in [0.5, 0.6) is 0 Å². The van der Waals surface area contributed by atoms with Crippen LogP contribution in [0.1, 0.15) is 22.3 Å². The van der Waals surface area contributed by atoms with E-state index in [0.717, 1.165) is 6.07 Å².